The van der Waals surface area contributed by atoms with Gasteiger partial charge in [-0.25, -0.2) is 9.18 Å². The molecule has 1 aromatic rings. The van der Waals surface area contributed by atoms with Crippen LogP contribution in [-0.4, -0.2) is 22.5 Å². The predicted octanol–water partition coefficient (Wildman–Crippen LogP) is 2.46. The van der Waals surface area contributed by atoms with Crippen molar-refractivity contribution in [2.45, 2.75) is 25.8 Å². The number of carboxylic acid groups (broad SMARTS) is 1. The van der Waals surface area contributed by atoms with Gasteiger partial charge >= 0.3 is 5.97 Å². The number of carbonyl (C=O) groups excluding carboxylic acids is 1. The molecule has 0 aliphatic heterocycles. The second-order valence-corrected chi connectivity index (χ2v) is 4.51. The number of hydrogen-bond donors (Lipinski definition) is 2. The Morgan fingerprint density at radius 2 is 2.11 bits per heavy atom. The Hall–Kier alpha value is -1.62. The van der Waals surface area contributed by atoms with Crippen molar-refractivity contribution in [3.05, 3.63) is 34.6 Å². The van der Waals surface area contributed by atoms with Gasteiger partial charge in [0.1, 0.15) is 11.4 Å². The van der Waals surface area contributed by atoms with Crippen LogP contribution in [0.15, 0.2) is 18.2 Å². The zero-order valence-corrected chi connectivity index (χ0v) is 10.7. The molecular weight excluding hydrogens is 261 g/mol. The molecule has 98 valence electrons. The van der Waals surface area contributed by atoms with Crippen LogP contribution in [0.5, 0.6) is 0 Å². The molecule has 0 saturated carbocycles. The molecule has 0 spiro atoms. The molecule has 0 fully saturated rings. The molecule has 0 aromatic heterocycles. The first-order valence-corrected chi connectivity index (χ1v) is 5.69. The van der Waals surface area contributed by atoms with Gasteiger partial charge in [-0.2, -0.15) is 0 Å². The summed E-state index contributed by atoms with van der Waals surface area (Å²) >= 11 is 5.57. The lowest BCUT2D eigenvalue weighted by molar-refractivity contribution is -0.143. The third kappa shape index (κ3) is 2.98. The molecule has 4 nitrogen and oxygen atoms in total. The minimum Gasteiger partial charge on any atom is -0.480 e. The first-order valence-electron chi connectivity index (χ1n) is 5.31. The molecule has 2 N–H and O–H groups in total. The monoisotopic (exact) mass is 273 g/mol. The topological polar surface area (TPSA) is 66.4 Å². The van der Waals surface area contributed by atoms with Gasteiger partial charge in [0, 0.05) is 5.02 Å². The summed E-state index contributed by atoms with van der Waals surface area (Å²) in [5, 5.41) is 11.5. The molecule has 0 aliphatic rings. The van der Waals surface area contributed by atoms with Crippen molar-refractivity contribution in [3.8, 4) is 0 Å². The van der Waals surface area contributed by atoms with Crippen molar-refractivity contribution < 1.29 is 19.1 Å². The van der Waals surface area contributed by atoms with E-state index >= 15 is 0 Å². The average Bonchev–Trinajstić information content (AvgIpc) is 2.28. The maximum absolute atomic E-state index is 13.5. The van der Waals surface area contributed by atoms with Gasteiger partial charge in [0.15, 0.2) is 0 Å². The van der Waals surface area contributed by atoms with Gasteiger partial charge in [-0.05, 0) is 31.5 Å². The molecule has 1 atom stereocenters. The van der Waals surface area contributed by atoms with E-state index in [1.807, 2.05) is 0 Å². The summed E-state index contributed by atoms with van der Waals surface area (Å²) in [7, 11) is 0. The Labute approximate surface area is 109 Å². The van der Waals surface area contributed by atoms with Crippen LogP contribution in [0.25, 0.3) is 0 Å². The number of carboxylic acids is 1. The summed E-state index contributed by atoms with van der Waals surface area (Å²) in [5.74, 6) is -2.74. The number of aliphatic carboxylic acids is 1. The van der Waals surface area contributed by atoms with E-state index in [-0.39, 0.29) is 17.0 Å². The van der Waals surface area contributed by atoms with Gasteiger partial charge in [0.05, 0.1) is 5.56 Å². The molecule has 0 bridgehead atoms. The number of benzene rings is 1. The van der Waals surface area contributed by atoms with Gasteiger partial charge in [-0.3, -0.25) is 4.79 Å². The maximum atomic E-state index is 13.5. The average molecular weight is 274 g/mol. The standard InChI is InChI=1S/C12H13ClFNO3/c1-3-12(2,11(17)18)15-10(16)8-5-4-7(13)6-9(8)14/h4-6H,3H2,1-2H3,(H,15,16)(H,17,18). The zero-order chi connectivity index (χ0) is 13.9. The second-order valence-electron chi connectivity index (χ2n) is 4.07. The van der Waals surface area contributed by atoms with Crippen LogP contribution >= 0.6 is 11.6 Å². The van der Waals surface area contributed by atoms with Gasteiger partial charge in [0.25, 0.3) is 5.91 Å². The van der Waals surface area contributed by atoms with E-state index in [4.69, 9.17) is 16.7 Å². The van der Waals surface area contributed by atoms with Crippen molar-refractivity contribution >= 4 is 23.5 Å². The molecule has 1 unspecified atom stereocenters. The Bertz CT molecular complexity index is 492. The molecule has 0 heterocycles. The highest BCUT2D eigenvalue weighted by molar-refractivity contribution is 6.30. The minimum absolute atomic E-state index is 0.167. The molecule has 1 aromatic carbocycles. The smallest absolute Gasteiger partial charge is 0.329 e. The fraction of sp³-hybridized carbons (Fsp3) is 0.333. The number of carbonyl (C=O) groups is 2. The van der Waals surface area contributed by atoms with Crippen LogP contribution in [0, 0.1) is 5.82 Å². The highest BCUT2D eigenvalue weighted by Crippen LogP contribution is 2.16. The van der Waals surface area contributed by atoms with E-state index in [1.165, 1.54) is 19.1 Å². The number of halogens is 2. The number of hydrogen-bond acceptors (Lipinski definition) is 2. The van der Waals surface area contributed by atoms with Crippen LogP contribution in [-0.2, 0) is 4.79 Å². The van der Waals surface area contributed by atoms with E-state index in [2.05, 4.69) is 5.32 Å². The second kappa shape index (κ2) is 5.35. The van der Waals surface area contributed by atoms with Crippen molar-refractivity contribution in [1.82, 2.24) is 5.32 Å². The molecule has 0 aliphatic carbocycles. The van der Waals surface area contributed by atoms with Gasteiger partial charge in [-0.15, -0.1) is 0 Å². The van der Waals surface area contributed by atoms with E-state index in [0.29, 0.717) is 0 Å². The number of rotatable bonds is 4. The Morgan fingerprint density at radius 3 is 2.56 bits per heavy atom. The quantitative estimate of drug-likeness (QED) is 0.886. The lowest BCUT2D eigenvalue weighted by Crippen LogP contribution is -2.51. The Balaban J connectivity index is 2.98. The largest absolute Gasteiger partial charge is 0.480 e. The summed E-state index contributed by atoms with van der Waals surface area (Å²) in [5.41, 5.74) is -1.66. The SMILES string of the molecule is CCC(C)(NC(=O)c1ccc(Cl)cc1F)C(=O)O. The molecule has 6 heteroatoms. The Kier molecular flexibility index (Phi) is 4.29. The van der Waals surface area contributed by atoms with Crippen molar-refractivity contribution in [2.75, 3.05) is 0 Å². The molecule has 0 saturated heterocycles. The molecule has 1 amide bonds. The minimum atomic E-state index is -1.43. The summed E-state index contributed by atoms with van der Waals surface area (Å²) in [6.07, 6.45) is 0.184. The first kappa shape index (κ1) is 14.4. The van der Waals surface area contributed by atoms with Gasteiger partial charge in [0.2, 0.25) is 0 Å². The van der Waals surface area contributed by atoms with E-state index in [9.17, 15) is 14.0 Å². The van der Waals surface area contributed by atoms with Crippen LogP contribution in [0.4, 0.5) is 4.39 Å². The van der Waals surface area contributed by atoms with Crippen molar-refractivity contribution in [2.24, 2.45) is 0 Å². The molecule has 18 heavy (non-hydrogen) atoms. The van der Waals surface area contributed by atoms with Crippen LogP contribution in [0.2, 0.25) is 5.02 Å². The van der Waals surface area contributed by atoms with E-state index in [1.54, 1.807) is 6.92 Å². The van der Waals surface area contributed by atoms with Crippen LogP contribution < -0.4 is 5.32 Å². The van der Waals surface area contributed by atoms with Crippen LogP contribution in [0.3, 0.4) is 0 Å². The molecular formula is C12H13ClFNO3. The predicted molar refractivity (Wildman–Crippen MR) is 65.2 cm³/mol. The van der Waals surface area contributed by atoms with Gasteiger partial charge in [-0.1, -0.05) is 18.5 Å². The van der Waals surface area contributed by atoms with E-state index < -0.39 is 23.2 Å². The van der Waals surface area contributed by atoms with Gasteiger partial charge < -0.3 is 10.4 Å². The zero-order valence-electron chi connectivity index (χ0n) is 9.96. The highest BCUT2D eigenvalue weighted by atomic mass is 35.5. The third-order valence-electron chi connectivity index (χ3n) is 2.74. The highest BCUT2D eigenvalue weighted by Gasteiger charge is 2.33. The number of nitrogens with one attached hydrogen (secondary N) is 1. The summed E-state index contributed by atoms with van der Waals surface area (Å²) in [4.78, 5) is 22.8. The molecule has 1 rings (SSSR count). The third-order valence-corrected chi connectivity index (χ3v) is 2.98. The van der Waals surface area contributed by atoms with Crippen molar-refractivity contribution in [1.29, 1.82) is 0 Å². The maximum Gasteiger partial charge on any atom is 0.329 e. The van der Waals surface area contributed by atoms with Crippen molar-refractivity contribution in [3.63, 3.8) is 0 Å². The number of amides is 1. The van der Waals surface area contributed by atoms with Crippen LogP contribution in [0.1, 0.15) is 30.6 Å². The van der Waals surface area contributed by atoms with E-state index in [0.717, 1.165) is 6.07 Å². The first-order chi connectivity index (χ1) is 8.30. The lowest BCUT2D eigenvalue weighted by Gasteiger charge is -2.24. The summed E-state index contributed by atoms with van der Waals surface area (Å²) in [6.45, 7) is 2.98. The fourth-order valence-corrected chi connectivity index (χ4v) is 1.44. The fourth-order valence-electron chi connectivity index (χ4n) is 1.28. The lowest BCUT2D eigenvalue weighted by atomic mass is 9.98. The summed E-state index contributed by atoms with van der Waals surface area (Å²) in [6, 6.07) is 3.58. The Morgan fingerprint density at radius 1 is 1.50 bits per heavy atom. The molecule has 0 radical (unpaired) electrons. The normalized spacial score (nSPS) is 13.8. The summed E-state index contributed by atoms with van der Waals surface area (Å²) < 4.78 is 13.5.